The minimum Gasteiger partial charge on any atom is -0.397 e. The summed E-state index contributed by atoms with van der Waals surface area (Å²) in [7, 11) is 1.92. The Balaban J connectivity index is 1.05. The van der Waals surface area contributed by atoms with Gasteiger partial charge in [0.2, 0.25) is 11.8 Å². The van der Waals surface area contributed by atoms with Crippen molar-refractivity contribution in [1.29, 1.82) is 0 Å². The molecule has 1 saturated heterocycles. The van der Waals surface area contributed by atoms with Crippen LogP contribution < -0.4 is 16.4 Å². The highest BCUT2D eigenvalue weighted by Gasteiger charge is 2.32. The van der Waals surface area contributed by atoms with Gasteiger partial charge in [-0.05, 0) is 52.8 Å². The van der Waals surface area contributed by atoms with E-state index in [1.165, 1.54) is 0 Å². The number of benzene rings is 4. The second kappa shape index (κ2) is 18.0. The van der Waals surface area contributed by atoms with Crippen molar-refractivity contribution in [3.05, 3.63) is 126 Å². The number of unbranched alkanes of at least 4 members (excludes halogenated alkanes) is 1. The van der Waals surface area contributed by atoms with E-state index in [9.17, 15) is 14.7 Å². The van der Waals surface area contributed by atoms with E-state index in [1.807, 2.05) is 84.4 Å². The zero-order chi connectivity index (χ0) is 36.3. The number of thioether (sulfide) groups is 1. The van der Waals surface area contributed by atoms with E-state index in [4.69, 9.17) is 15.2 Å². The lowest BCUT2D eigenvalue weighted by molar-refractivity contribution is -0.245. The molecule has 0 aliphatic carbocycles. The van der Waals surface area contributed by atoms with Crippen molar-refractivity contribution in [1.82, 2.24) is 20.1 Å². The Morgan fingerprint density at radius 2 is 1.62 bits per heavy atom. The van der Waals surface area contributed by atoms with Crippen LogP contribution >= 0.6 is 11.8 Å². The van der Waals surface area contributed by atoms with Crippen molar-refractivity contribution < 1.29 is 24.2 Å². The van der Waals surface area contributed by atoms with Gasteiger partial charge in [0.05, 0.1) is 30.2 Å². The first kappa shape index (κ1) is 36.8. The van der Waals surface area contributed by atoms with Crippen LogP contribution in [0.25, 0.3) is 11.1 Å². The van der Waals surface area contributed by atoms with Crippen LogP contribution in [0.4, 0.5) is 11.4 Å². The van der Waals surface area contributed by atoms with E-state index in [1.54, 1.807) is 30.2 Å². The van der Waals surface area contributed by atoms with Crippen LogP contribution in [-0.2, 0) is 39.3 Å². The third-order valence-corrected chi connectivity index (χ3v) is 10.1. The Kier molecular flexibility index (Phi) is 12.7. The maximum atomic E-state index is 12.7. The molecule has 2 heterocycles. The zero-order valence-electron chi connectivity index (χ0n) is 29.1. The van der Waals surface area contributed by atoms with Crippen LogP contribution in [-0.4, -0.2) is 43.5 Å². The molecule has 1 fully saturated rings. The average molecular weight is 721 g/mol. The van der Waals surface area contributed by atoms with Crippen LogP contribution in [0.15, 0.2) is 109 Å². The fourth-order valence-electron chi connectivity index (χ4n) is 6.05. The molecular weight excluding hydrogens is 677 g/mol. The van der Waals surface area contributed by atoms with Crippen molar-refractivity contribution in [2.75, 3.05) is 16.8 Å². The number of nitrogen functional groups attached to an aromatic ring is 1. The van der Waals surface area contributed by atoms with E-state index in [-0.39, 0.29) is 30.6 Å². The molecule has 3 atom stereocenters. The number of anilines is 2. The van der Waals surface area contributed by atoms with E-state index in [2.05, 4.69) is 33.0 Å². The highest BCUT2D eigenvalue weighted by molar-refractivity contribution is 7.99. The SMILES string of the molecule is Cn1cnnc1SCC1CC(c2ccc(CO)cc2)OC(c2ccc(-c3ccccc3CNC(=O)CCCCC(=O)Nc3ccccc3N)cc2)O1. The third kappa shape index (κ3) is 9.86. The highest BCUT2D eigenvalue weighted by Crippen LogP contribution is 2.40. The second-order valence-corrected chi connectivity index (χ2v) is 13.8. The number of aliphatic hydroxyl groups excluding tert-OH is 1. The number of nitrogens with two attached hydrogens (primary N) is 1. The largest absolute Gasteiger partial charge is 0.397 e. The number of ether oxygens (including phenoxy) is 2. The van der Waals surface area contributed by atoms with Crippen molar-refractivity contribution in [3.63, 3.8) is 0 Å². The van der Waals surface area contributed by atoms with Crippen LogP contribution in [0.1, 0.15) is 66.8 Å². The van der Waals surface area contributed by atoms with Gasteiger partial charge >= 0.3 is 0 Å². The Labute approximate surface area is 307 Å². The molecule has 1 aliphatic heterocycles. The number of nitrogens with one attached hydrogen (secondary N) is 2. The van der Waals surface area contributed by atoms with Gasteiger partial charge in [-0.15, -0.1) is 10.2 Å². The summed E-state index contributed by atoms with van der Waals surface area (Å²) >= 11 is 1.60. The van der Waals surface area contributed by atoms with Crippen LogP contribution in [0.3, 0.4) is 0 Å². The molecule has 2 amide bonds. The number of carbonyl (C=O) groups is 2. The molecule has 0 spiro atoms. The summed E-state index contributed by atoms with van der Waals surface area (Å²) in [5.41, 5.74) is 12.9. The average Bonchev–Trinajstić information content (AvgIpc) is 3.60. The molecule has 3 unspecified atom stereocenters. The number of aliphatic hydroxyl groups is 1. The van der Waals surface area contributed by atoms with Gasteiger partial charge in [-0.25, -0.2) is 0 Å². The van der Waals surface area contributed by atoms with E-state index >= 15 is 0 Å². The number of nitrogens with zero attached hydrogens (tertiary/aromatic N) is 3. The van der Waals surface area contributed by atoms with E-state index in [0.29, 0.717) is 55.8 Å². The lowest BCUT2D eigenvalue weighted by Crippen LogP contribution is -2.31. The number of hydrogen-bond donors (Lipinski definition) is 4. The summed E-state index contributed by atoms with van der Waals surface area (Å²) in [6.45, 7) is 0.380. The first-order valence-electron chi connectivity index (χ1n) is 17.4. The monoisotopic (exact) mass is 720 g/mol. The number of rotatable bonds is 15. The summed E-state index contributed by atoms with van der Waals surface area (Å²) in [6, 6.07) is 31.2. The van der Waals surface area contributed by atoms with Gasteiger partial charge in [-0.2, -0.15) is 0 Å². The predicted molar refractivity (Wildman–Crippen MR) is 202 cm³/mol. The summed E-state index contributed by atoms with van der Waals surface area (Å²) in [6.07, 6.45) is 3.35. The molecule has 1 aromatic heterocycles. The summed E-state index contributed by atoms with van der Waals surface area (Å²) < 4.78 is 14.9. The van der Waals surface area contributed by atoms with Gasteiger partial charge < -0.3 is 35.5 Å². The van der Waals surface area contributed by atoms with Crippen LogP contribution in [0.2, 0.25) is 0 Å². The lowest BCUT2D eigenvalue weighted by atomic mass is 9.97. The number of aryl methyl sites for hydroxylation is 1. The van der Waals surface area contributed by atoms with Crippen molar-refractivity contribution in [2.45, 2.75) is 68.9 Å². The third-order valence-electron chi connectivity index (χ3n) is 8.96. The molecule has 4 aromatic carbocycles. The standard InChI is InChI=1S/C40H44N6O5S/c1-46-26-43-45-40(46)52-25-32-22-36(29-16-14-27(24-47)15-17-29)51-39(50-32)30-20-18-28(19-21-30)33-9-3-2-8-31(33)23-42-37(48)12-6-7-13-38(49)44-35-11-5-4-10-34(35)41/h2-5,8-11,14-21,26,32,36,39,47H,6-7,12-13,22-25,41H2,1H3,(H,42,48)(H,44,49). The summed E-state index contributed by atoms with van der Waals surface area (Å²) in [4.78, 5) is 25.0. The van der Waals surface area contributed by atoms with Gasteiger partial charge in [-0.1, -0.05) is 96.7 Å². The normalized spacial score (nSPS) is 17.1. The molecule has 6 rings (SSSR count). The fourth-order valence-corrected chi connectivity index (χ4v) is 6.95. The maximum absolute atomic E-state index is 12.7. The smallest absolute Gasteiger partial charge is 0.224 e. The van der Waals surface area contributed by atoms with Gasteiger partial charge in [0.15, 0.2) is 11.4 Å². The predicted octanol–water partition coefficient (Wildman–Crippen LogP) is 6.71. The van der Waals surface area contributed by atoms with Crippen molar-refractivity contribution in [3.8, 4) is 11.1 Å². The van der Waals surface area contributed by atoms with E-state index in [0.717, 1.165) is 38.5 Å². The molecule has 0 radical (unpaired) electrons. The zero-order valence-corrected chi connectivity index (χ0v) is 29.9. The van der Waals surface area contributed by atoms with Gasteiger partial charge in [0.25, 0.3) is 0 Å². The maximum Gasteiger partial charge on any atom is 0.224 e. The number of carbonyl (C=O) groups excluding carboxylic acids is 2. The van der Waals surface area contributed by atoms with Crippen molar-refractivity contribution in [2.24, 2.45) is 7.05 Å². The Bertz CT molecular complexity index is 1930. The molecule has 0 saturated carbocycles. The highest BCUT2D eigenvalue weighted by atomic mass is 32.2. The summed E-state index contributed by atoms with van der Waals surface area (Å²) in [5, 5.41) is 24.4. The Morgan fingerprint density at radius 3 is 2.35 bits per heavy atom. The number of para-hydroxylation sites is 2. The van der Waals surface area contributed by atoms with Gasteiger partial charge in [-0.3, -0.25) is 9.59 Å². The quantitative estimate of drug-likeness (QED) is 0.0525. The minimum atomic E-state index is -0.576. The first-order valence-corrected chi connectivity index (χ1v) is 18.4. The molecule has 270 valence electrons. The fraction of sp³-hybridized carbons (Fsp3) is 0.300. The van der Waals surface area contributed by atoms with Gasteiger partial charge in [0, 0.05) is 44.2 Å². The number of hydrogen-bond acceptors (Lipinski definition) is 9. The lowest BCUT2D eigenvalue weighted by Gasteiger charge is -2.36. The number of aromatic nitrogens is 3. The Morgan fingerprint density at radius 1 is 0.904 bits per heavy atom. The molecule has 5 aromatic rings. The van der Waals surface area contributed by atoms with E-state index < -0.39 is 6.29 Å². The molecule has 52 heavy (non-hydrogen) atoms. The molecule has 12 heteroatoms. The topological polar surface area (TPSA) is 154 Å². The second-order valence-electron chi connectivity index (χ2n) is 12.8. The van der Waals surface area contributed by atoms with Crippen LogP contribution in [0, 0.1) is 0 Å². The summed E-state index contributed by atoms with van der Waals surface area (Å²) in [5.74, 6) is 0.510. The molecular formula is C40H44N6O5S. The molecule has 5 N–H and O–H groups in total. The van der Waals surface area contributed by atoms with Gasteiger partial charge in [0.1, 0.15) is 6.33 Å². The molecule has 0 bridgehead atoms. The van der Waals surface area contributed by atoms with Crippen molar-refractivity contribution >= 4 is 35.0 Å². The molecule has 11 nitrogen and oxygen atoms in total. The number of amides is 2. The Hall–Kier alpha value is -5.01. The first-order chi connectivity index (χ1) is 25.4. The minimum absolute atomic E-state index is 0.00958. The molecule has 1 aliphatic rings. The van der Waals surface area contributed by atoms with Crippen LogP contribution in [0.5, 0.6) is 0 Å².